The molecule has 90 valence electrons. The topological polar surface area (TPSA) is 104 Å². The van der Waals surface area contributed by atoms with E-state index in [0.717, 1.165) is 0 Å². The van der Waals surface area contributed by atoms with Crippen molar-refractivity contribution in [1.29, 1.82) is 0 Å². The van der Waals surface area contributed by atoms with Crippen LogP contribution in [0.3, 0.4) is 0 Å². The summed E-state index contributed by atoms with van der Waals surface area (Å²) in [5, 5.41) is 8.25. The van der Waals surface area contributed by atoms with Gasteiger partial charge in [-0.15, -0.1) is 0 Å². The molecule has 1 aliphatic heterocycles. The standard InChI is InChI=1S/C10H9NO5S/c12-9(13)5-7-6-3-1-2-4-8(6)11-10(7)17(14,15)16/h1-4,7H,5H2,(H,12,13)(H,14,15,16). The van der Waals surface area contributed by atoms with Gasteiger partial charge in [-0.25, -0.2) is 4.99 Å². The van der Waals surface area contributed by atoms with Crippen LogP contribution in [0.1, 0.15) is 17.9 Å². The number of benzene rings is 1. The van der Waals surface area contributed by atoms with Gasteiger partial charge >= 0.3 is 16.1 Å². The summed E-state index contributed by atoms with van der Waals surface area (Å²) in [4.78, 5) is 14.5. The van der Waals surface area contributed by atoms with Gasteiger partial charge in [-0.2, -0.15) is 8.42 Å². The first-order chi connectivity index (χ1) is 7.89. The average molecular weight is 255 g/mol. The number of aliphatic carboxylic acids is 1. The molecule has 7 heteroatoms. The monoisotopic (exact) mass is 255 g/mol. The largest absolute Gasteiger partial charge is 0.481 e. The zero-order valence-corrected chi connectivity index (χ0v) is 9.38. The number of aliphatic imine (C=N–C) groups is 1. The summed E-state index contributed by atoms with van der Waals surface area (Å²) in [6, 6.07) is 6.50. The molecular weight excluding hydrogens is 246 g/mol. The fourth-order valence-corrected chi connectivity index (χ4v) is 2.61. The van der Waals surface area contributed by atoms with Gasteiger partial charge in [0.15, 0.2) is 5.04 Å². The van der Waals surface area contributed by atoms with Crippen molar-refractivity contribution in [3.8, 4) is 0 Å². The Kier molecular flexibility index (Phi) is 2.72. The number of hydrogen-bond donors (Lipinski definition) is 2. The zero-order valence-electron chi connectivity index (χ0n) is 8.57. The molecule has 0 spiro atoms. The first-order valence-corrected chi connectivity index (χ1v) is 6.20. The summed E-state index contributed by atoms with van der Waals surface area (Å²) >= 11 is 0. The van der Waals surface area contributed by atoms with Gasteiger partial charge in [-0.05, 0) is 11.6 Å². The van der Waals surface area contributed by atoms with Gasteiger partial charge < -0.3 is 5.11 Å². The van der Waals surface area contributed by atoms with Crippen molar-refractivity contribution in [2.75, 3.05) is 0 Å². The van der Waals surface area contributed by atoms with E-state index in [-0.39, 0.29) is 0 Å². The Hall–Kier alpha value is -1.73. The number of carbonyl (C=O) groups is 1. The van der Waals surface area contributed by atoms with Gasteiger partial charge in [-0.1, -0.05) is 18.2 Å². The summed E-state index contributed by atoms with van der Waals surface area (Å²) < 4.78 is 31.3. The van der Waals surface area contributed by atoms with Crippen LogP contribution in [-0.4, -0.2) is 29.1 Å². The molecular formula is C10H9NO5S. The molecule has 0 saturated carbocycles. The van der Waals surface area contributed by atoms with Crippen molar-refractivity contribution in [3.05, 3.63) is 29.8 Å². The summed E-state index contributed by atoms with van der Waals surface area (Å²) in [5.74, 6) is -2.07. The fraction of sp³-hybridized carbons (Fsp3) is 0.200. The number of carboxylic acid groups (broad SMARTS) is 1. The highest BCUT2D eigenvalue weighted by Crippen LogP contribution is 2.38. The van der Waals surface area contributed by atoms with Crippen LogP contribution in [0.15, 0.2) is 29.3 Å². The van der Waals surface area contributed by atoms with Gasteiger partial charge in [0.2, 0.25) is 0 Å². The highest BCUT2D eigenvalue weighted by molar-refractivity contribution is 8.01. The molecule has 0 radical (unpaired) electrons. The number of nitrogens with zero attached hydrogens (tertiary/aromatic N) is 1. The molecule has 6 nitrogen and oxygen atoms in total. The highest BCUT2D eigenvalue weighted by Gasteiger charge is 2.35. The highest BCUT2D eigenvalue weighted by atomic mass is 32.2. The lowest BCUT2D eigenvalue weighted by Crippen LogP contribution is -2.21. The average Bonchev–Trinajstić information content (AvgIpc) is 2.56. The van der Waals surface area contributed by atoms with Crippen molar-refractivity contribution in [1.82, 2.24) is 0 Å². The molecule has 0 bridgehead atoms. The van der Waals surface area contributed by atoms with E-state index >= 15 is 0 Å². The minimum absolute atomic E-state index is 0.381. The van der Waals surface area contributed by atoms with Crippen LogP contribution in [0, 0.1) is 0 Å². The number of fused-ring (bicyclic) bond motifs is 1. The van der Waals surface area contributed by atoms with Crippen LogP contribution >= 0.6 is 0 Å². The third-order valence-corrected chi connectivity index (χ3v) is 3.39. The first-order valence-electron chi connectivity index (χ1n) is 4.76. The maximum absolute atomic E-state index is 11.1. The minimum atomic E-state index is -4.48. The van der Waals surface area contributed by atoms with Gasteiger partial charge in [-0.3, -0.25) is 9.35 Å². The Balaban J connectivity index is 2.52. The second-order valence-electron chi connectivity index (χ2n) is 3.63. The molecule has 1 aromatic rings. The molecule has 1 unspecified atom stereocenters. The number of rotatable bonds is 2. The van der Waals surface area contributed by atoms with E-state index in [1.165, 1.54) is 0 Å². The first kappa shape index (κ1) is 11.7. The lowest BCUT2D eigenvalue weighted by Gasteiger charge is -2.09. The van der Waals surface area contributed by atoms with E-state index < -0.39 is 33.5 Å². The number of hydrogen-bond acceptors (Lipinski definition) is 4. The van der Waals surface area contributed by atoms with E-state index in [4.69, 9.17) is 9.66 Å². The Morgan fingerprint density at radius 3 is 2.59 bits per heavy atom. The molecule has 2 rings (SSSR count). The number of carboxylic acids is 1. The Bertz CT molecular complexity index is 605. The number of para-hydroxylation sites is 1. The SMILES string of the molecule is O=C(O)CC1C(S(=O)(=O)O)=Nc2ccccc21. The molecule has 2 N–H and O–H groups in total. The van der Waals surface area contributed by atoms with Gasteiger partial charge in [0, 0.05) is 0 Å². The predicted molar refractivity (Wildman–Crippen MR) is 60.1 cm³/mol. The second-order valence-corrected chi connectivity index (χ2v) is 5.00. The predicted octanol–water partition coefficient (Wildman–Crippen LogP) is 1.18. The minimum Gasteiger partial charge on any atom is -0.481 e. The van der Waals surface area contributed by atoms with Crippen molar-refractivity contribution in [2.45, 2.75) is 12.3 Å². The smallest absolute Gasteiger partial charge is 0.308 e. The van der Waals surface area contributed by atoms with Gasteiger partial charge in [0.05, 0.1) is 18.0 Å². The van der Waals surface area contributed by atoms with Crippen LogP contribution in [-0.2, 0) is 14.9 Å². The molecule has 0 aliphatic carbocycles. The fourth-order valence-electron chi connectivity index (χ4n) is 1.82. The van der Waals surface area contributed by atoms with Gasteiger partial charge in [0.1, 0.15) is 0 Å². The van der Waals surface area contributed by atoms with Crippen LogP contribution in [0.5, 0.6) is 0 Å². The summed E-state index contributed by atoms with van der Waals surface area (Å²) in [6.45, 7) is 0. The van der Waals surface area contributed by atoms with Crippen LogP contribution in [0.2, 0.25) is 0 Å². The van der Waals surface area contributed by atoms with Crippen molar-refractivity contribution in [3.63, 3.8) is 0 Å². The molecule has 1 atom stereocenters. The molecule has 0 saturated heterocycles. The van der Waals surface area contributed by atoms with E-state index in [9.17, 15) is 13.2 Å². The van der Waals surface area contributed by atoms with E-state index in [1.54, 1.807) is 24.3 Å². The molecule has 1 heterocycles. The molecule has 0 fully saturated rings. The van der Waals surface area contributed by atoms with E-state index in [0.29, 0.717) is 11.3 Å². The van der Waals surface area contributed by atoms with E-state index in [1.807, 2.05) is 0 Å². The van der Waals surface area contributed by atoms with E-state index in [2.05, 4.69) is 4.99 Å². The van der Waals surface area contributed by atoms with Gasteiger partial charge in [0.25, 0.3) is 0 Å². The van der Waals surface area contributed by atoms with Crippen LogP contribution in [0.4, 0.5) is 5.69 Å². The summed E-state index contributed by atoms with van der Waals surface area (Å²) in [7, 11) is -4.48. The van der Waals surface area contributed by atoms with Crippen molar-refractivity contribution in [2.24, 2.45) is 4.99 Å². The molecule has 17 heavy (non-hydrogen) atoms. The van der Waals surface area contributed by atoms with Crippen molar-refractivity contribution >= 4 is 26.8 Å². The van der Waals surface area contributed by atoms with Crippen LogP contribution in [0.25, 0.3) is 0 Å². The quantitative estimate of drug-likeness (QED) is 0.772. The Morgan fingerprint density at radius 1 is 1.35 bits per heavy atom. The Labute approximate surface area is 97.4 Å². The van der Waals surface area contributed by atoms with Crippen molar-refractivity contribution < 1.29 is 22.9 Å². The molecule has 1 aromatic carbocycles. The third-order valence-electron chi connectivity index (χ3n) is 2.48. The molecule has 0 amide bonds. The zero-order chi connectivity index (χ0) is 12.6. The van der Waals surface area contributed by atoms with Crippen LogP contribution < -0.4 is 0 Å². The third kappa shape index (κ3) is 2.20. The summed E-state index contributed by atoms with van der Waals surface area (Å²) in [5.41, 5.74) is 0.883. The Morgan fingerprint density at radius 2 is 2.00 bits per heavy atom. The maximum Gasteiger partial charge on any atom is 0.308 e. The lowest BCUT2D eigenvalue weighted by molar-refractivity contribution is -0.137. The normalized spacial score (nSPS) is 18.6. The summed E-state index contributed by atoms with van der Waals surface area (Å²) in [6.07, 6.45) is -0.421. The lowest BCUT2D eigenvalue weighted by atomic mass is 9.98. The molecule has 1 aliphatic rings. The second kappa shape index (κ2) is 3.94. The molecule has 0 aromatic heterocycles. The maximum atomic E-state index is 11.1.